The van der Waals surface area contributed by atoms with Crippen molar-refractivity contribution in [2.75, 3.05) is 6.61 Å². The molecule has 0 bridgehead atoms. The second kappa shape index (κ2) is 4.74. The Kier molecular flexibility index (Phi) is 3.63. The first kappa shape index (κ1) is 10.7. The van der Waals surface area contributed by atoms with Gasteiger partial charge >= 0.3 is 0 Å². The predicted molar refractivity (Wildman–Crippen MR) is 52.2 cm³/mol. The fraction of sp³-hybridized carbons (Fsp3) is 0.364. The van der Waals surface area contributed by atoms with Crippen LogP contribution >= 0.6 is 0 Å². The van der Waals surface area contributed by atoms with Crippen LogP contribution < -0.4 is 4.74 Å². The number of hydrogen-bond donors (Lipinski definition) is 0. The number of halogens is 1. The van der Waals surface area contributed by atoms with Crippen molar-refractivity contribution in [3.8, 4) is 5.75 Å². The van der Waals surface area contributed by atoms with Gasteiger partial charge in [-0.2, -0.15) is 0 Å². The Balaban J connectivity index is 2.90. The number of Topliss-reactive ketones (excluding diaryl/α,β-unsaturated/α-hetero) is 1. The lowest BCUT2D eigenvalue weighted by Crippen LogP contribution is -2.00. The van der Waals surface area contributed by atoms with E-state index >= 15 is 0 Å². The second-order valence-corrected chi connectivity index (χ2v) is 3.05. The number of carbonyl (C=O) groups excluding carboxylic acids is 1. The molecule has 76 valence electrons. The van der Waals surface area contributed by atoms with Crippen LogP contribution in [0.15, 0.2) is 18.2 Å². The summed E-state index contributed by atoms with van der Waals surface area (Å²) in [6.45, 7) is 3.84. The molecule has 0 N–H and O–H groups in total. The van der Waals surface area contributed by atoms with Gasteiger partial charge in [0.25, 0.3) is 0 Å². The molecule has 0 aliphatic carbocycles. The van der Waals surface area contributed by atoms with Gasteiger partial charge in [-0.25, -0.2) is 4.39 Å². The molecular formula is C11H13FO2. The van der Waals surface area contributed by atoms with Crippen molar-refractivity contribution in [2.24, 2.45) is 0 Å². The summed E-state index contributed by atoms with van der Waals surface area (Å²) in [6, 6.07) is 4.14. The molecule has 0 saturated heterocycles. The van der Waals surface area contributed by atoms with Crippen molar-refractivity contribution in [3.05, 3.63) is 29.6 Å². The minimum Gasteiger partial charge on any atom is -0.491 e. The first-order valence-corrected chi connectivity index (χ1v) is 4.58. The van der Waals surface area contributed by atoms with Gasteiger partial charge in [0.05, 0.1) is 6.61 Å². The zero-order valence-corrected chi connectivity index (χ0v) is 8.34. The van der Waals surface area contributed by atoms with Crippen LogP contribution in [0.4, 0.5) is 4.39 Å². The fourth-order valence-corrected chi connectivity index (χ4v) is 1.04. The molecule has 2 nitrogen and oxygen atoms in total. The zero-order valence-electron chi connectivity index (χ0n) is 8.34. The van der Waals surface area contributed by atoms with Crippen molar-refractivity contribution in [3.63, 3.8) is 0 Å². The molecule has 0 aliphatic rings. The molecule has 0 aromatic heterocycles. The minimum atomic E-state index is -0.427. The van der Waals surface area contributed by atoms with E-state index in [0.717, 1.165) is 6.42 Å². The lowest BCUT2D eigenvalue weighted by atomic mass is 10.1. The molecule has 1 aromatic rings. The highest BCUT2D eigenvalue weighted by molar-refractivity contribution is 5.94. The van der Waals surface area contributed by atoms with E-state index in [0.29, 0.717) is 12.2 Å². The van der Waals surface area contributed by atoms with Crippen LogP contribution in [0.1, 0.15) is 30.6 Å². The predicted octanol–water partition coefficient (Wildman–Crippen LogP) is 2.82. The third kappa shape index (κ3) is 2.55. The number of carbonyl (C=O) groups is 1. The van der Waals surface area contributed by atoms with Gasteiger partial charge in [0.2, 0.25) is 0 Å². The van der Waals surface area contributed by atoms with Gasteiger partial charge < -0.3 is 4.74 Å². The number of ether oxygens (including phenoxy) is 1. The molecule has 0 radical (unpaired) electrons. The summed E-state index contributed by atoms with van der Waals surface area (Å²) in [5.41, 5.74) is 0.470. The van der Waals surface area contributed by atoms with Gasteiger partial charge in [-0.05, 0) is 31.5 Å². The van der Waals surface area contributed by atoms with Gasteiger partial charge in [0, 0.05) is 5.56 Å². The second-order valence-electron chi connectivity index (χ2n) is 3.05. The molecule has 0 spiro atoms. The average molecular weight is 196 g/mol. The molecule has 0 fully saturated rings. The average Bonchev–Trinajstić information content (AvgIpc) is 2.16. The van der Waals surface area contributed by atoms with Gasteiger partial charge in [0.1, 0.15) is 0 Å². The van der Waals surface area contributed by atoms with Crippen LogP contribution in [0.2, 0.25) is 0 Å². The molecule has 0 atom stereocenters. The topological polar surface area (TPSA) is 26.3 Å². The first-order valence-electron chi connectivity index (χ1n) is 4.58. The van der Waals surface area contributed by atoms with Crippen molar-refractivity contribution in [1.29, 1.82) is 0 Å². The first-order chi connectivity index (χ1) is 6.65. The number of rotatable bonds is 4. The normalized spacial score (nSPS) is 9.93. The van der Waals surface area contributed by atoms with Crippen molar-refractivity contribution < 1.29 is 13.9 Å². The van der Waals surface area contributed by atoms with Crippen LogP contribution in [0.25, 0.3) is 0 Å². The highest BCUT2D eigenvalue weighted by Gasteiger charge is 2.06. The zero-order chi connectivity index (χ0) is 10.6. The highest BCUT2D eigenvalue weighted by atomic mass is 19.1. The maximum absolute atomic E-state index is 13.1. The van der Waals surface area contributed by atoms with Crippen molar-refractivity contribution in [2.45, 2.75) is 20.3 Å². The van der Waals surface area contributed by atoms with Crippen LogP contribution in [-0.4, -0.2) is 12.4 Å². The molecule has 0 unspecified atom stereocenters. The molecule has 1 rings (SSSR count). The number of ketones is 1. The number of hydrogen-bond acceptors (Lipinski definition) is 2. The van der Waals surface area contributed by atoms with Crippen LogP contribution in [-0.2, 0) is 0 Å². The molecule has 0 heterocycles. The van der Waals surface area contributed by atoms with E-state index in [9.17, 15) is 9.18 Å². The number of benzene rings is 1. The van der Waals surface area contributed by atoms with E-state index in [1.54, 1.807) is 0 Å². The lowest BCUT2D eigenvalue weighted by Gasteiger charge is -2.06. The fourth-order valence-electron chi connectivity index (χ4n) is 1.04. The Hall–Kier alpha value is -1.38. The Labute approximate surface area is 82.7 Å². The van der Waals surface area contributed by atoms with E-state index in [1.165, 1.54) is 25.1 Å². The quantitative estimate of drug-likeness (QED) is 0.692. The Morgan fingerprint density at radius 1 is 1.50 bits per heavy atom. The maximum atomic E-state index is 13.1. The summed E-state index contributed by atoms with van der Waals surface area (Å²) in [5, 5.41) is 0. The third-order valence-electron chi connectivity index (χ3n) is 1.80. The summed E-state index contributed by atoms with van der Waals surface area (Å²) in [4.78, 5) is 11.0. The van der Waals surface area contributed by atoms with Gasteiger partial charge in [-0.1, -0.05) is 6.92 Å². The Morgan fingerprint density at radius 3 is 2.79 bits per heavy atom. The molecule has 14 heavy (non-hydrogen) atoms. The van der Waals surface area contributed by atoms with Crippen molar-refractivity contribution in [1.82, 2.24) is 0 Å². The van der Waals surface area contributed by atoms with Crippen LogP contribution in [0, 0.1) is 5.82 Å². The molecular weight excluding hydrogens is 183 g/mol. The lowest BCUT2D eigenvalue weighted by molar-refractivity contribution is 0.101. The van der Waals surface area contributed by atoms with Gasteiger partial charge in [-0.15, -0.1) is 0 Å². The minimum absolute atomic E-state index is 0.0913. The maximum Gasteiger partial charge on any atom is 0.165 e. The van der Waals surface area contributed by atoms with Gasteiger partial charge in [-0.3, -0.25) is 4.79 Å². The summed E-state index contributed by atoms with van der Waals surface area (Å²) in [6.07, 6.45) is 0.809. The van der Waals surface area contributed by atoms with Crippen LogP contribution in [0.3, 0.4) is 0 Å². The Bertz CT molecular complexity index is 334. The summed E-state index contributed by atoms with van der Waals surface area (Å²) >= 11 is 0. The summed E-state index contributed by atoms with van der Waals surface area (Å²) in [5.74, 6) is -0.366. The van der Waals surface area contributed by atoms with E-state index in [-0.39, 0.29) is 11.5 Å². The van der Waals surface area contributed by atoms with Crippen molar-refractivity contribution >= 4 is 5.78 Å². The van der Waals surface area contributed by atoms with E-state index in [2.05, 4.69) is 0 Å². The van der Waals surface area contributed by atoms with Crippen LogP contribution in [0.5, 0.6) is 5.75 Å². The van der Waals surface area contributed by atoms with E-state index < -0.39 is 5.82 Å². The van der Waals surface area contributed by atoms with E-state index in [1.807, 2.05) is 6.92 Å². The Morgan fingerprint density at radius 2 is 2.21 bits per heavy atom. The molecule has 1 aromatic carbocycles. The SMILES string of the molecule is CCCOc1cc(C(C)=O)ccc1F. The van der Waals surface area contributed by atoms with Gasteiger partial charge in [0.15, 0.2) is 17.3 Å². The molecule has 0 saturated carbocycles. The molecule has 0 aliphatic heterocycles. The smallest absolute Gasteiger partial charge is 0.165 e. The monoisotopic (exact) mass is 196 g/mol. The molecule has 0 amide bonds. The summed E-state index contributed by atoms with van der Waals surface area (Å²) in [7, 11) is 0. The third-order valence-corrected chi connectivity index (χ3v) is 1.80. The largest absolute Gasteiger partial charge is 0.491 e. The molecule has 3 heteroatoms. The summed E-state index contributed by atoms with van der Waals surface area (Å²) < 4.78 is 18.3. The highest BCUT2D eigenvalue weighted by Crippen LogP contribution is 2.19. The van der Waals surface area contributed by atoms with E-state index in [4.69, 9.17) is 4.74 Å². The standard InChI is InChI=1S/C11H13FO2/c1-3-6-14-11-7-9(8(2)13)4-5-10(11)12/h4-5,7H,3,6H2,1-2H3.